The van der Waals surface area contributed by atoms with E-state index in [0.717, 1.165) is 30.5 Å². The van der Waals surface area contributed by atoms with E-state index >= 15 is 0 Å². The van der Waals surface area contributed by atoms with Crippen molar-refractivity contribution < 1.29 is 34.8 Å². The lowest BCUT2D eigenvalue weighted by atomic mass is 10.1. The number of aromatic nitrogens is 3. The topological polar surface area (TPSA) is 64.3 Å². The van der Waals surface area contributed by atoms with Crippen molar-refractivity contribution in [3.63, 3.8) is 0 Å². The summed E-state index contributed by atoms with van der Waals surface area (Å²) in [6.07, 6.45) is -6.64. The lowest BCUT2D eigenvalue weighted by Crippen LogP contribution is -2.07. The summed E-state index contributed by atoms with van der Waals surface area (Å²) >= 11 is 0. The molecule has 0 atom stereocenters. The second-order valence-electron chi connectivity index (χ2n) is 7.33. The van der Waals surface area contributed by atoms with Crippen LogP contribution in [-0.4, -0.2) is 28.5 Å². The summed E-state index contributed by atoms with van der Waals surface area (Å²) in [5.74, 6) is -0.271. The maximum absolute atomic E-state index is 13.1. The Morgan fingerprint density at radius 1 is 0.824 bits per heavy atom. The van der Waals surface area contributed by atoms with Gasteiger partial charge in [-0.05, 0) is 36.4 Å². The summed E-state index contributed by atoms with van der Waals surface area (Å²) in [6, 6.07) is 8.43. The fourth-order valence-electron chi connectivity index (χ4n) is 3.30. The first kappa shape index (κ1) is 23.7. The van der Waals surface area contributed by atoms with Gasteiger partial charge < -0.3 is 4.40 Å². The van der Waals surface area contributed by atoms with E-state index in [2.05, 4.69) is 9.97 Å². The Morgan fingerprint density at radius 2 is 1.47 bits per heavy atom. The Hall–Kier alpha value is -3.41. The van der Waals surface area contributed by atoms with E-state index in [1.807, 2.05) is 0 Å². The Balaban J connectivity index is 1.88. The van der Waals surface area contributed by atoms with Crippen molar-refractivity contribution in [3.05, 3.63) is 72.1 Å². The van der Waals surface area contributed by atoms with Crippen molar-refractivity contribution in [1.29, 1.82) is 0 Å². The van der Waals surface area contributed by atoms with Gasteiger partial charge in [0.2, 0.25) is 0 Å². The fraction of sp³-hybridized carbons (Fsp3) is 0.182. The zero-order valence-electron chi connectivity index (χ0n) is 17.3. The SMILES string of the molecule is CCS(=O)(=O)c1ccc(-c2ccc(C(F)(F)F)cc2)nc1-c1cn2ccc(C(F)(F)F)cc2n1. The summed E-state index contributed by atoms with van der Waals surface area (Å²) in [6.45, 7) is 1.42. The van der Waals surface area contributed by atoms with E-state index in [1.54, 1.807) is 0 Å². The van der Waals surface area contributed by atoms with Crippen molar-refractivity contribution >= 4 is 15.5 Å². The number of benzene rings is 1. The third-order valence-corrected chi connectivity index (χ3v) is 6.87. The van der Waals surface area contributed by atoms with E-state index in [-0.39, 0.29) is 38.9 Å². The first-order valence-corrected chi connectivity index (χ1v) is 11.4. The number of nitrogens with zero attached hydrogens (tertiary/aromatic N) is 3. The number of hydrogen-bond acceptors (Lipinski definition) is 4. The molecule has 0 N–H and O–H groups in total. The molecule has 0 bridgehead atoms. The molecule has 0 saturated carbocycles. The van der Waals surface area contributed by atoms with Crippen LogP contribution in [0.25, 0.3) is 28.3 Å². The van der Waals surface area contributed by atoms with Gasteiger partial charge in [0.1, 0.15) is 17.0 Å². The summed E-state index contributed by atoms with van der Waals surface area (Å²) in [5, 5.41) is 0. The molecular formula is C22H15F6N3O2S. The van der Waals surface area contributed by atoms with Crippen molar-refractivity contribution in [2.45, 2.75) is 24.2 Å². The highest BCUT2D eigenvalue weighted by molar-refractivity contribution is 7.91. The molecule has 12 heteroatoms. The van der Waals surface area contributed by atoms with Gasteiger partial charge in [-0.3, -0.25) is 0 Å². The van der Waals surface area contributed by atoms with Gasteiger partial charge in [-0.1, -0.05) is 19.1 Å². The quantitative estimate of drug-likeness (QED) is 0.328. The Kier molecular flexibility index (Phi) is 5.67. The average molecular weight is 499 g/mol. The second kappa shape index (κ2) is 8.12. The second-order valence-corrected chi connectivity index (χ2v) is 9.57. The highest BCUT2D eigenvalue weighted by Gasteiger charge is 2.32. The number of hydrogen-bond donors (Lipinski definition) is 0. The molecule has 3 heterocycles. The van der Waals surface area contributed by atoms with Gasteiger partial charge >= 0.3 is 12.4 Å². The summed E-state index contributed by atoms with van der Waals surface area (Å²) in [4.78, 5) is 8.27. The zero-order valence-corrected chi connectivity index (χ0v) is 18.1. The zero-order chi connectivity index (χ0) is 24.9. The summed E-state index contributed by atoms with van der Waals surface area (Å²) in [5.41, 5.74) is -1.51. The molecule has 34 heavy (non-hydrogen) atoms. The molecule has 0 saturated heterocycles. The predicted octanol–water partition coefficient (Wildman–Crippen LogP) is 5.89. The number of rotatable bonds is 4. The van der Waals surface area contributed by atoms with Gasteiger partial charge in [-0.25, -0.2) is 18.4 Å². The number of halogens is 6. The van der Waals surface area contributed by atoms with Crippen LogP contribution in [0.4, 0.5) is 26.3 Å². The number of imidazole rings is 1. The van der Waals surface area contributed by atoms with Crippen LogP contribution in [0.3, 0.4) is 0 Å². The summed E-state index contributed by atoms with van der Waals surface area (Å²) < 4.78 is 104. The van der Waals surface area contributed by atoms with Crippen LogP contribution < -0.4 is 0 Å². The van der Waals surface area contributed by atoms with Gasteiger partial charge in [-0.2, -0.15) is 26.3 Å². The normalized spacial score (nSPS) is 12.9. The van der Waals surface area contributed by atoms with E-state index in [4.69, 9.17) is 0 Å². The third kappa shape index (κ3) is 4.49. The van der Waals surface area contributed by atoms with Gasteiger partial charge in [0.05, 0.1) is 27.5 Å². The fourth-order valence-corrected chi connectivity index (χ4v) is 4.33. The molecule has 4 rings (SSSR count). The molecule has 5 nitrogen and oxygen atoms in total. The molecule has 1 aromatic carbocycles. The molecule has 0 aliphatic carbocycles. The molecule has 4 aromatic rings. The van der Waals surface area contributed by atoms with Crippen LogP contribution in [0.1, 0.15) is 18.1 Å². The van der Waals surface area contributed by atoms with Crippen LogP contribution in [0.5, 0.6) is 0 Å². The number of pyridine rings is 2. The molecule has 178 valence electrons. The van der Waals surface area contributed by atoms with Crippen LogP contribution in [0, 0.1) is 0 Å². The minimum atomic E-state index is -4.59. The van der Waals surface area contributed by atoms with E-state index < -0.39 is 33.3 Å². The number of alkyl halides is 6. The summed E-state index contributed by atoms with van der Waals surface area (Å²) in [7, 11) is -3.81. The van der Waals surface area contributed by atoms with Crippen LogP contribution >= 0.6 is 0 Å². The average Bonchev–Trinajstić information content (AvgIpc) is 3.21. The van der Waals surface area contributed by atoms with Crippen molar-refractivity contribution in [2.75, 3.05) is 5.75 Å². The van der Waals surface area contributed by atoms with Crippen molar-refractivity contribution in [2.24, 2.45) is 0 Å². The van der Waals surface area contributed by atoms with Crippen LogP contribution in [0.15, 0.2) is 65.8 Å². The molecule has 0 aliphatic heterocycles. The molecule has 0 fully saturated rings. The lowest BCUT2D eigenvalue weighted by molar-refractivity contribution is -0.138. The van der Waals surface area contributed by atoms with Crippen LogP contribution in [-0.2, 0) is 22.2 Å². The molecule has 0 amide bonds. The molecule has 3 aromatic heterocycles. The first-order chi connectivity index (χ1) is 15.8. The van der Waals surface area contributed by atoms with E-state index in [1.165, 1.54) is 41.8 Å². The maximum atomic E-state index is 13.1. The lowest BCUT2D eigenvalue weighted by Gasteiger charge is -2.11. The third-order valence-electron chi connectivity index (χ3n) is 5.11. The largest absolute Gasteiger partial charge is 0.416 e. The van der Waals surface area contributed by atoms with Gasteiger partial charge in [0.15, 0.2) is 9.84 Å². The molecule has 0 unspecified atom stereocenters. The number of sulfone groups is 1. The highest BCUT2D eigenvalue weighted by Crippen LogP contribution is 2.34. The number of fused-ring (bicyclic) bond motifs is 1. The maximum Gasteiger partial charge on any atom is 0.416 e. The predicted molar refractivity (Wildman–Crippen MR) is 112 cm³/mol. The standard InChI is InChI=1S/C22H15F6N3O2S/c1-2-34(32,33)18-8-7-16(13-3-5-14(6-4-13)21(23,24)25)30-20(18)17-12-31-10-9-15(22(26,27)28)11-19(31)29-17/h3-12H,2H2,1H3. The van der Waals surface area contributed by atoms with E-state index in [9.17, 15) is 34.8 Å². The molecular weight excluding hydrogens is 484 g/mol. The monoisotopic (exact) mass is 499 g/mol. The minimum absolute atomic E-state index is 0.000103. The van der Waals surface area contributed by atoms with Gasteiger partial charge in [-0.15, -0.1) is 0 Å². The van der Waals surface area contributed by atoms with Crippen molar-refractivity contribution in [3.8, 4) is 22.6 Å². The molecule has 0 radical (unpaired) electrons. The minimum Gasteiger partial charge on any atom is -0.306 e. The highest BCUT2D eigenvalue weighted by atomic mass is 32.2. The molecule has 0 aliphatic rings. The van der Waals surface area contributed by atoms with Gasteiger partial charge in [0.25, 0.3) is 0 Å². The van der Waals surface area contributed by atoms with Gasteiger partial charge in [0, 0.05) is 18.0 Å². The Labute approximate surface area is 189 Å². The van der Waals surface area contributed by atoms with Crippen LogP contribution in [0.2, 0.25) is 0 Å². The Morgan fingerprint density at radius 3 is 2.06 bits per heavy atom. The molecule has 0 spiro atoms. The van der Waals surface area contributed by atoms with Crippen molar-refractivity contribution in [1.82, 2.24) is 14.4 Å². The smallest absolute Gasteiger partial charge is 0.306 e. The van der Waals surface area contributed by atoms with E-state index in [0.29, 0.717) is 0 Å². The first-order valence-electron chi connectivity index (χ1n) is 9.77. The Bertz CT molecular complexity index is 1470.